The molecule has 1 heterocycles. The van der Waals surface area contributed by atoms with Crippen molar-refractivity contribution in [2.24, 2.45) is 5.92 Å². The third-order valence-corrected chi connectivity index (χ3v) is 3.53. The summed E-state index contributed by atoms with van der Waals surface area (Å²) in [5.41, 5.74) is 1.29. The van der Waals surface area contributed by atoms with Crippen molar-refractivity contribution in [1.29, 1.82) is 0 Å². The van der Waals surface area contributed by atoms with Gasteiger partial charge < -0.3 is 4.42 Å². The van der Waals surface area contributed by atoms with Gasteiger partial charge in [-0.1, -0.05) is 29.8 Å². The number of aryl methyl sites for hydroxylation is 1. The first kappa shape index (κ1) is 9.85. The summed E-state index contributed by atoms with van der Waals surface area (Å²) in [6.07, 6.45) is 5.83. The quantitative estimate of drug-likeness (QED) is 0.721. The molecule has 0 radical (unpaired) electrons. The molecule has 0 aromatic carbocycles. The molecule has 0 bridgehead atoms. The van der Waals surface area contributed by atoms with Crippen LogP contribution in [0.1, 0.15) is 25.8 Å². The molecular formula is C10H15BrO. The van der Waals surface area contributed by atoms with Crippen LogP contribution >= 0.6 is 15.9 Å². The van der Waals surface area contributed by atoms with Gasteiger partial charge in [0.25, 0.3) is 0 Å². The molecular weight excluding hydrogens is 216 g/mol. The molecule has 0 aliphatic rings. The highest BCUT2D eigenvalue weighted by Gasteiger charge is 2.08. The van der Waals surface area contributed by atoms with Crippen LogP contribution in [-0.4, -0.2) is 4.83 Å². The first-order valence-corrected chi connectivity index (χ1v) is 5.27. The minimum atomic E-state index is 0.618. The first-order valence-electron chi connectivity index (χ1n) is 4.35. The van der Waals surface area contributed by atoms with Gasteiger partial charge in [0, 0.05) is 4.83 Å². The van der Waals surface area contributed by atoms with Gasteiger partial charge in [-0.25, -0.2) is 0 Å². The molecule has 0 spiro atoms. The van der Waals surface area contributed by atoms with E-state index in [0.29, 0.717) is 10.7 Å². The van der Waals surface area contributed by atoms with Gasteiger partial charge in [-0.3, -0.25) is 0 Å². The highest BCUT2D eigenvalue weighted by atomic mass is 79.9. The Morgan fingerprint density at radius 1 is 1.50 bits per heavy atom. The molecule has 1 aromatic rings. The van der Waals surface area contributed by atoms with Crippen molar-refractivity contribution in [3.8, 4) is 0 Å². The van der Waals surface area contributed by atoms with Crippen LogP contribution in [0.5, 0.6) is 0 Å². The number of hydrogen-bond donors (Lipinski definition) is 0. The third kappa shape index (κ3) is 3.02. The summed E-state index contributed by atoms with van der Waals surface area (Å²) in [4.78, 5) is 0.618. The number of rotatable bonds is 4. The maximum Gasteiger partial charge on any atom is 0.0934 e. The van der Waals surface area contributed by atoms with E-state index in [2.05, 4.69) is 29.8 Å². The molecule has 0 aliphatic carbocycles. The van der Waals surface area contributed by atoms with Gasteiger partial charge >= 0.3 is 0 Å². The third-order valence-electron chi connectivity index (χ3n) is 2.01. The van der Waals surface area contributed by atoms with Crippen LogP contribution in [0.25, 0.3) is 0 Å². The van der Waals surface area contributed by atoms with E-state index < -0.39 is 0 Å². The molecule has 1 nitrogen and oxygen atoms in total. The zero-order valence-electron chi connectivity index (χ0n) is 7.59. The SMILES string of the molecule is CC(C)C(Br)CCc1ccoc1. The predicted molar refractivity (Wildman–Crippen MR) is 54.6 cm³/mol. The summed E-state index contributed by atoms with van der Waals surface area (Å²) in [5, 5.41) is 0. The largest absolute Gasteiger partial charge is 0.472 e. The van der Waals surface area contributed by atoms with Gasteiger partial charge in [-0.2, -0.15) is 0 Å². The van der Waals surface area contributed by atoms with Crippen LogP contribution in [0.4, 0.5) is 0 Å². The lowest BCUT2D eigenvalue weighted by atomic mass is 10.0. The van der Waals surface area contributed by atoms with Crippen LogP contribution in [0.15, 0.2) is 23.0 Å². The van der Waals surface area contributed by atoms with Crippen LogP contribution in [0.3, 0.4) is 0 Å². The fourth-order valence-corrected chi connectivity index (χ4v) is 1.30. The lowest BCUT2D eigenvalue weighted by Gasteiger charge is -2.12. The summed E-state index contributed by atoms with van der Waals surface area (Å²) in [7, 11) is 0. The van der Waals surface area contributed by atoms with Crippen LogP contribution < -0.4 is 0 Å². The van der Waals surface area contributed by atoms with Crippen molar-refractivity contribution in [3.05, 3.63) is 24.2 Å². The van der Waals surface area contributed by atoms with Crippen molar-refractivity contribution in [3.63, 3.8) is 0 Å². The Morgan fingerprint density at radius 3 is 2.75 bits per heavy atom. The molecule has 0 fully saturated rings. The van der Waals surface area contributed by atoms with Crippen molar-refractivity contribution in [1.82, 2.24) is 0 Å². The Labute approximate surface area is 82.3 Å². The lowest BCUT2D eigenvalue weighted by molar-refractivity contribution is 0.556. The van der Waals surface area contributed by atoms with Crippen molar-refractivity contribution in [2.75, 3.05) is 0 Å². The van der Waals surface area contributed by atoms with E-state index in [-0.39, 0.29) is 0 Å². The zero-order valence-corrected chi connectivity index (χ0v) is 9.17. The average molecular weight is 231 g/mol. The molecule has 1 unspecified atom stereocenters. The van der Waals surface area contributed by atoms with E-state index in [4.69, 9.17) is 4.42 Å². The second kappa shape index (κ2) is 4.70. The van der Waals surface area contributed by atoms with E-state index in [9.17, 15) is 0 Å². The second-order valence-corrected chi connectivity index (χ2v) is 4.61. The normalized spacial score (nSPS) is 13.7. The van der Waals surface area contributed by atoms with Gasteiger partial charge in [-0.15, -0.1) is 0 Å². The van der Waals surface area contributed by atoms with Crippen molar-refractivity contribution in [2.45, 2.75) is 31.5 Å². The summed E-state index contributed by atoms with van der Waals surface area (Å²) in [6, 6.07) is 2.03. The van der Waals surface area contributed by atoms with E-state index in [1.165, 1.54) is 12.0 Å². The first-order chi connectivity index (χ1) is 5.70. The monoisotopic (exact) mass is 230 g/mol. The number of furan rings is 1. The minimum absolute atomic E-state index is 0.618. The van der Waals surface area contributed by atoms with Gasteiger partial charge in [-0.05, 0) is 30.4 Å². The summed E-state index contributed by atoms with van der Waals surface area (Å²) in [6.45, 7) is 4.46. The zero-order chi connectivity index (χ0) is 8.97. The molecule has 1 aromatic heterocycles. The molecule has 1 rings (SSSR count). The standard InChI is InChI=1S/C10H15BrO/c1-8(2)10(11)4-3-9-5-6-12-7-9/h5-8,10H,3-4H2,1-2H3. The highest BCUT2D eigenvalue weighted by molar-refractivity contribution is 9.09. The molecule has 0 saturated carbocycles. The Balaban J connectivity index is 2.27. The smallest absolute Gasteiger partial charge is 0.0934 e. The van der Waals surface area contributed by atoms with Crippen molar-refractivity contribution >= 4 is 15.9 Å². The Bertz CT molecular complexity index is 204. The van der Waals surface area contributed by atoms with E-state index >= 15 is 0 Å². The minimum Gasteiger partial charge on any atom is -0.472 e. The van der Waals surface area contributed by atoms with Gasteiger partial charge in [0.15, 0.2) is 0 Å². The number of alkyl halides is 1. The topological polar surface area (TPSA) is 13.1 Å². The second-order valence-electron chi connectivity index (χ2n) is 3.43. The molecule has 0 aliphatic heterocycles. The number of hydrogen-bond acceptors (Lipinski definition) is 1. The summed E-state index contributed by atoms with van der Waals surface area (Å²) < 4.78 is 4.99. The molecule has 68 valence electrons. The molecule has 1 atom stereocenters. The Morgan fingerprint density at radius 2 is 2.25 bits per heavy atom. The summed E-state index contributed by atoms with van der Waals surface area (Å²) in [5.74, 6) is 0.705. The Hall–Kier alpha value is -0.240. The highest BCUT2D eigenvalue weighted by Crippen LogP contribution is 2.18. The maximum absolute atomic E-state index is 4.99. The lowest BCUT2D eigenvalue weighted by Crippen LogP contribution is -2.07. The van der Waals surface area contributed by atoms with Crippen LogP contribution in [0, 0.1) is 5.92 Å². The average Bonchev–Trinajstić information content (AvgIpc) is 2.51. The molecule has 0 saturated heterocycles. The number of halogens is 1. The van der Waals surface area contributed by atoms with Gasteiger partial charge in [0.05, 0.1) is 12.5 Å². The predicted octanol–water partition coefficient (Wildman–Crippen LogP) is 3.63. The summed E-state index contributed by atoms with van der Waals surface area (Å²) >= 11 is 3.66. The maximum atomic E-state index is 4.99. The van der Waals surface area contributed by atoms with E-state index in [0.717, 1.165) is 6.42 Å². The van der Waals surface area contributed by atoms with Gasteiger partial charge in [0.2, 0.25) is 0 Å². The fraction of sp³-hybridized carbons (Fsp3) is 0.600. The van der Waals surface area contributed by atoms with E-state index in [1.54, 1.807) is 6.26 Å². The van der Waals surface area contributed by atoms with Crippen LogP contribution in [-0.2, 0) is 6.42 Å². The van der Waals surface area contributed by atoms with Crippen LogP contribution in [0.2, 0.25) is 0 Å². The van der Waals surface area contributed by atoms with Crippen molar-refractivity contribution < 1.29 is 4.42 Å². The molecule has 0 amide bonds. The van der Waals surface area contributed by atoms with E-state index in [1.807, 2.05) is 12.3 Å². The fourth-order valence-electron chi connectivity index (χ4n) is 1.07. The molecule has 0 N–H and O–H groups in total. The Kier molecular flexibility index (Phi) is 3.86. The van der Waals surface area contributed by atoms with Gasteiger partial charge in [0.1, 0.15) is 0 Å². The molecule has 12 heavy (non-hydrogen) atoms. The molecule has 2 heteroatoms.